The molecule has 0 radical (unpaired) electrons. The van der Waals surface area contributed by atoms with E-state index in [0.29, 0.717) is 0 Å². The highest BCUT2D eigenvalue weighted by molar-refractivity contribution is 7.89. The first-order chi connectivity index (χ1) is 11.6. The number of hydrazine groups is 1. The van der Waals surface area contributed by atoms with Gasteiger partial charge >= 0.3 is 6.18 Å². The van der Waals surface area contributed by atoms with Gasteiger partial charge in [-0.05, 0) is 25.2 Å². The maximum Gasteiger partial charge on any atom is 0.418 e. The minimum absolute atomic E-state index is 0.0502. The Balaban J connectivity index is 2.20. The van der Waals surface area contributed by atoms with Gasteiger partial charge in [0.15, 0.2) is 0 Å². The molecular formula is C14H15F3N4O3S. The molecule has 1 aromatic heterocycles. The molecule has 0 atom stereocenters. The van der Waals surface area contributed by atoms with Gasteiger partial charge in [-0.1, -0.05) is 12.1 Å². The van der Waals surface area contributed by atoms with Gasteiger partial charge in [0.25, 0.3) is 5.91 Å². The van der Waals surface area contributed by atoms with Gasteiger partial charge in [-0.25, -0.2) is 13.1 Å². The van der Waals surface area contributed by atoms with Crippen LogP contribution in [0.25, 0.3) is 0 Å². The third kappa shape index (κ3) is 4.12. The zero-order valence-electron chi connectivity index (χ0n) is 13.2. The van der Waals surface area contributed by atoms with E-state index >= 15 is 0 Å². The van der Waals surface area contributed by atoms with Crippen molar-refractivity contribution < 1.29 is 26.4 Å². The summed E-state index contributed by atoms with van der Waals surface area (Å²) in [5.74, 6) is -0.794. The quantitative estimate of drug-likeness (QED) is 0.693. The summed E-state index contributed by atoms with van der Waals surface area (Å²) >= 11 is 0. The topological polar surface area (TPSA) is 92.2 Å². The molecule has 0 saturated heterocycles. The Hall–Kier alpha value is -2.53. The fourth-order valence-corrected chi connectivity index (χ4v) is 2.85. The molecule has 0 saturated carbocycles. The van der Waals surface area contributed by atoms with E-state index in [2.05, 4.69) is 15.6 Å². The van der Waals surface area contributed by atoms with Crippen molar-refractivity contribution in [2.75, 3.05) is 12.5 Å². The number of carbonyl (C=O) groups excluding carboxylic acids is 1. The van der Waals surface area contributed by atoms with E-state index in [1.807, 2.05) is 0 Å². The smallest absolute Gasteiger partial charge is 0.345 e. The minimum Gasteiger partial charge on any atom is -0.345 e. The van der Waals surface area contributed by atoms with E-state index in [0.717, 1.165) is 18.2 Å². The summed E-state index contributed by atoms with van der Waals surface area (Å²) in [4.78, 5) is 12.0. The first kappa shape index (κ1) is 18.8. The fourth-order valence-electron chi connectivity index (χ4n) is 2.05. The highest BCUT2D eigenvalue weighted by Crippen LogP contribution is 2.34. The largest absolute Gasteiger partial charge is 0.418 e. The van der Waals surface area contributed by atoms with Gasteiger partial charge in [-0.3, -0.25) is 15.6 Å². The first-order valence-corrected chi connectivity index (χ1v) is 8.37. The number of hydrogen-bond acceptors (Lipinski definition) is 4. The van der Waals surface area contributed by atoms with Crippen molar-refractivity contribution in [2.45, 2.75) is 11.1 Å². The summed E-state index contributed by atoms with van der Waals surface area (Å²) in [6, 6.07) is 5.74. The van der Waals surface area contributed by atoms with E-state index in [9.17, 15) is 26.4 Å². The molecule has 7 nitrogen and oxygen atoms in total. The van der Waals surface area contributed by atoms with Crippen LogP contribution >= 0.6 is 0 Å². The van der Waals surface area contributed by atoms with Crippen molar-refractivity contribution in [1.29, 1.82) is 0 Å². The summed E-state index contributed by atoms with van der Waals surface area (Å²) < 4.78 is 65.5. The minimum atomic E-state index is -4.59. The summed E-state index contributed by atoms with van der Waals surface area (Å²) in [7, 11) is -1.09. The Kier molecular flexibility index (Phi) is 5.09. The lowest BCUT2D eigenvalue weighted by Crippen LogP contribution is -2.31. The Morgan fingerprint density at radius 3 is 2.44 bits per heavy atom. The standard InChI is InChI=1S/C14H15F3N4O3S/c1-18-25(23,24)9-7-12(21(2)8-9)13(22)20-19-11-6-4-3-5-10(11)14(15,16)17/h3-8,18-19H,1-2H3,(H,20,22). The van der Waals surface area contributed by atoms with E-state index in [1.54, 1.807) is 0 Å². The highest BCUT2D eigenvalue weighted by atomic mass is 32.2. The third-order valence-electron chi connectivity index (χ3n) is 3.33. The van der Waals surface area contributed by atoms with Crippen LogP contribution in [-0.2, 0) is 23.2 Å². The van der Waals surface area contributed by atoms with Crippen LogP contribution in [0.2, 0.25) is 0 Å². The Labute approximate surface area is 141 Å². The Bertz CT molecular complexity index is 891. The van der Waals surface area contributed by atoms with Gasteiger partial charge in [0.05, 0.1) is 11.3 Å². The van der Waals surface area contributed by atoms with Gasteiger partial charge in [-0.2, -0.15) is 13.2 Å². The van der Waals surface area contributed by atoms with Gasteiger partial charge < -0.3 is 4.57 Å². The molecule has 11 heteroatoms. The molecule has 3 N–H and O–H groups in total. The van der Waals surface area contributed by atoms with Gasteiger partial charge in [0.1, 0.15) is 10.6 Å². The molecule has 0 unspecified atom stereocenters. The number of benzene rings is 1. The molecule has 136 valence electrons. The Morgan fingerprint density at radius 2 is 1.84 bits per heavy atom. The Morgan fingerprint density at radius 1 is 1.20 bits per heavy atom. The van der Waals surface area contributed by atoms with Crippen molar-refractivity contribution >= 4 is 21.6 Å². The second-order valence-electron chi connectivity index (χ2n) is 5.00. The number of para-hydroxylation sites is 1. The van der Waals surface area contributed by atoms with Crippen LogP contribution in [0.5, 0.6) is 0 Å². The van der Waals surface area contributed by atoms with Crippen molar-refractivity contribution in [3.8, 4) is 0 Å². The number of halogens is 3. The third-order valence-corrected chi connectivity index (χ3v) is 4.72. The molecule has 2 rings (SSSR count). The second kappa shape index (κ2) is 6.76. The number of nitrogens with one attached hydrogen (secondary N) is 3. The van der Waals surface area contributed by atoms with Crippen LogP contribution in [0.3, 0.4) is 0 Å². The average Bonchev–Trinajstić information content (AvgIpc) is 2.95. The molecule has 0 bridgehead atoms. The van der Waals surface area contributed by atoms with Crippen LogP contribution in [0.4, 0.5) is 18.9 Å². The van der Waals surface area contributed by atoms with Crippen molar-refractivity contribution in [2.24, 2.45) is 7.05 Å². The molecule has 25 heavy (non-hydrogen) atoms. The van der Waals surface area contributed by atoms with E-state index in [1.165, 1.54) is 37.0 Å². The lowest BCUT2D eigenvalue weighted by atomic mass is 10.2. The number of aryl methyl sites for hydroxylation is 1. The van der Waals surface area contributed by atoms with Gasteiger partial charge in [0.2, 0.25) is 10.0 Å². The number of hydrogen-bond donors (Lipinski definition) is 3. The van der Waals surface area contributed by atoms with Crippen molar-refractivity contribution in [3.63, 3.8) is 0 Å². The van der Waals surface area contributed by atoms with Gasteiger partial charge in [0, 0.05) is 13.2 Å². The normalized spacial score (nSPS) is 12.0. The number of nitrogens with zero attached hydrogens (tertiary/aromatic N) is 1. The van der Waals surface area contributed by atoms with Crippen LogP contribution < -0.4 is 15.6 Å². The summed E-state index contributed by atoms with van der Waals surface area (Å²) in [6.45, 7) is 0. The maximum absolute atomic E-state index is 12.9. The second-order valence-corrected chi connectivity index (χ2v) is 6.89. The predicted octanol–water partition coefficient (Wildman–Crippen LogP) is 1.71. The summed E-state index contributed by atoms with van der Waals surface area (Å²) in [5, 5.41) is 0. The van der Waals surface area contributed by atoms with Gasteiger partial charge in [-0.15, -0.1) is 0 Å². The number of sulfonamides is 1. The fraction of sp³-hybridized carbons (Fsp3) is 0.214. The lowest BCUT2D eigenvalue weighted by Gasteiger charge is -2.15. The molecule has 1 amide bonds. The van der Waals surface area contributed by atoms with Crippen LogP contribution in [0.1, 0.15) is 16.1 Å². The van der Waals surface area contributed by atoms with Crippen LogP contribution in [0, 0.1) is 0 Å². The average molecular weight is 376 g/mol. The van der Waals surface area contributed by atoms with Crippen LogP contribution in [-0.4, -0.2) is 25.9 Å². The van der Waals surface area contributed by atoms with E-state index in [4.69, 9.17) is 0 Å². The van der Waals surface area contributed by atoms with E-state index < -0.39 is 27.7 Å². The molecule has 0 spiro atoms. The summed E-state index contributed by atoms with van der Waals surface area (Å²) in [6.07, 6.45) is -3.38. The monoisotopic (exact) mass is 376 g/mol. The molecule has 0 aliphatic carbocycles. The number of rotatable bonds is 5. The number of anilines is 1. The van der Waals surface area contributed by atoms with Crippen molar-refractivity contribution in [3.05, 3.63) is 47.8 Å². The highest BCUT2D eigenvalue weighted by Gasteiger charge is 2.33. The molecule has 0 aliphatic heterocycles. The number of aromatic nitrogens is 1. The molecule has 0 fully saturated rings. The number of amides is 1. The predicted molar refractivity (Wildman–Crippen MR) is 84.2 cm³/mol. The summed E-state index contributed by atoms with van der Waals surface area (Å²) in [5.41, 5.74) is 3.01. The molecule has 1 heterocycles. The van der Waals surface area contributed by atoms with Crippen LogP contribution in [0.15, 0.2) is 41.4 Å². The number of carbonyl (C=O) groups is 1. The molecule has 1 aromatic carbocycles. The molecule has 2 aromatic rings. The maximum atomic E-state index is 12.9. The molecular weight excluding hydrogens is 361 g/mol. The van der Waals surface area contributed by atoms with Crippen molar-refractivity contribution in [1.82, 2.24) is 14.7 Å². The SMILES string of the molecule is CNS(=O)(=O)c1cc(C(=O)NNc2ccccc2C(F)(F)F)n(C)c1. The molecule has 0 aliphatic rings. The first-order valence-electron chi connectivity index (χ1n) is 6.89. The van der Waals surface area contributed by atoms with E-state index in [-0.39, 0.29) is 16.3 Å². The number of alkyl halides is 3. The lowest BCUT2D eigenvalue weighted by molar-refractivity contribution is -0.137. The zero-order valence-corrected chi connectivity index (χ0v) is 14.0. The zero-order chi connectivity index (χ0) is 18.8.